The highest BCUT2D eigenvalue weighted by molar-refractivity contribution is 5.84. The molecular weight excluding hydrogens is 128 g/mol. The van der Waals surface area contributed by atoms with Gasteiger partial charge in [-0.1, -0.05) is 20.3 Å². The van der Waals surface area contributed by atoms with E-state index in [1.165, 1.54) is 0 Å². The quantitative estimate of drug-likeness (QED) is 0.595. The maximum absolute atomic E-state index is 10.7. The molecule has 0 aliphatic carbocycles. The highest BCUT2D eigenvalue weighted by Crippen LogP contribution is 2.15. The number of amides is 1. The minimum absolute atomic E-state index is 0.144. The zero-order chi connectivity index (χ0) is 8.36. The fourth-order valence-corrected chi connectivity index (χ4v) is 0.667. The Labute approximate surface area is 61.8 Å². The lowest BCUT2D eigenvalue weighted by atomic mass is 9.86. The third kappa shape index (κ3) is 1.70. The topological polar surface area (TPSA) is 69.1 Å². The van der Waals surface area contributed by atoms with E-state index in [1.807, 2.05) is 13.8 Å². The van der Waals surface area contributed by atoms with Crippen LogP contribution in [0.4, 0.5) is 0 Å². The molecule has 3 nitrogen and oxygen atoms in total. The van der Waals surface area contributed by atoms with E-state index in [1.54, 1.807) is 6.92 Å². The van der Waals surface area contributed by atoms with Gasteiger partial charge in [0.15, 0.2) is 0 Å². The first kappa shape index (κ1) is 9.43. The van der Waals surface area contributed by atoms with Gasteiger partial charge in [0.2, 0.25) is 5.91 Å². The first-order chi connectivity index (χ1) is 4.42. The molecule has 2 atom stereocenters. The second kappa shape index (κ2) is 3.01. The van der Waals surface area contributed by atoms with Crippen molar-refractivity contribution >= 4 is 5.91 Å². The zero-order valence-electron chi connectivity index (χ0n) is 6.85. The third-order valence-electron chi connectivity index (χ3n) is 2.17. The highest BCUT2D eigenvalue weighted by atomic mass is 16.1. The third-order valence-corrected chi connectivity index (χ3v) is 2.17. The van der Waals surface area contributed by atoms with Gasteiger partial charge >= 0.3 is 0 Å². The molecule has 0 rings (SSSR count). The zero-order valence-corrected chi connectivity index (χ0v) is 6.85. The van der Waals surface area contributed by atoms with Crippen LogP contribution in [0.3, 0.4) is 0 Å². The lowest BCUT2D eigenvalue weighted by molar-refractivity contribution is -0.124. The standard InChI is InChI=1S/C7H16N2O/c1-4-5(2)7(3,9)6(8)10/h5H,4,9H2,1-3H3,(H2,8,10)/t5-,7-/m0/s1. The van der Waals surface area contributed by atoms with Gasteiger partial charge in [-0.3, -0.25) is 4.79 Å². The molecular formula is C7H16N2O. The molecule has 1 amide bonds. The number of carbonyl (C=O) groups excluding carboxylic acids is 1. The maximum Gasteiger partial charge on any atom is 0.237 e. The largest absolute Gasteiger partial charge is 0.368 e. The van der Waals surface area contributed by atoms with E-state index in [0.717, 1.165) is 6.42 Å². The molecule has 60 valence electrons. The van der Waals surface area contributed by atoms with Crippen LogP contribution in [0.1, 0.15) is 27.2 Å². The van der Waals surface area contributed by atoms with E-state index in [2.05, 4.69) is 0 Å². The van der Waals surface area contributed by atoms with E-state index in [-0.39, 0.29) is 5.92 Å². The van der Waals surface area contributed by atoms with Gasteiger partial charge in [-0.2, -0.15) is 0 Å². The van der Waals surface area contributed by atoms with Crippen molar-refractivity contribution in [1.29, 1.82) is 0 Å². The van der Waals surface area contributed by atoms with Gasteiger partial charge in [0.25, 0.3) is 0 Å². The van der Waals surface area contributed by atoms with E-state index in [9.17, 15) is 4.79 Å². The molecule has 0 aliphatic rings. The van der Waals surface area contributed by atoms with Gasteiger partial charge in [-0.05, 0) is 12.8 Å². The van der Waals surface area contributed by atoms with Crippen molar-refractivity contribution in [2.75, 3.05) is 0 Å². The van der Waals surface area contributed by atoms with Crippen LogP contribution in [0.25, 0.3) is 0 Å². The summed E-state index contributed by atoms with van der Waals surface area (Å²) in [5, 5.41) is 0. The highest BCUT2D eigenvalue weighted by Gasteiger charge is 2.30. The average molecular weight is 144 g/mol. The van der Waals surface area contributed by atoms with E-state index in [0.29, 0.717) is 0 Å². The molecule has 0 saturated heterocycles. The fourth-order valence-electron chi connectivity index (χ4n) is 0.667. The summed E-state index contributed by atoms with van der Waals surface area (Å²) in [5.41, 5.74) is 9.87. The SMILES string of the molecule is CC[C@H](C)[C@](C)(N)C(N)=O. The molecule has 0 saturated carbocycles. The predicted octanol–water partition coefficient (Wildman–Crippen LogP) is 0.235. The van der Waals surface area contributed by atoms with Crippen LogP contribution in [-0.2, 0) is 4.79 Å². The second-order valence-electron chi connectivity index (χ2n) is 2.96. The molecule has 0 spiro atoms. The van der Waals surface area contributed by atoms with Crippen LogP contribution in [0.5, 0.6) is 0 Å². The molecule has 0 aromatic carbocycles. The predicted molar refractivity (Wildman–Crippen MR) is 41.2 cm³/mol. The number of nitrogens with two attached hydrogens (primary N) is 2. The van der Waals surface area contributed by atoms with Crippen LogP contribution in [0.2, 0.25) is 0 Å². The van der Waals surface area contributed by atoms with Gasteiger partial charge in [-0.15, -0.1) is 0 Å². The van der Waals surface area contributed by atoms with Crippen molar-refractivity contribution in [2.24, 2.45) is 17.4 Å². The van der Waals surface area contributed by atoms with Crippen molar-refractivity contribution in [3.05, 3.63) is 0 Å². The Morgan fingerprint density at radius 2 is 2.10 bits per heavy atom. The normalized spacial score (nSPS) is 19.6. The van der Waals surface area contributed by atoms with Crippen LogP contribution in [0, 0.1) is 5.92 Å². The summed E-state index contributed by atoms with van der Waals surface area (Å²) >= 11 is 0. The van der Waals surface area contributed by atoms with E-state index >= 15 is 0 Å². The molecule has 10 heavy (non-hydrogen) atoms. The Bertz CT molecular complexity index is 132. The molecule has 0 aliphatic heterocycles. The van der Waals surface area contributed by atoms with Crippen LogP contribution >= 0.6 is 0 Å². The smallest absolute Gasteiger partial charge is 0.237 e. The number of hydrogen-bond donors (Lipinski definition) is 2. The maximum atomic E-state index is 10.7. The van der Waals surface area contributed by atoms with Crippen molar-refractivity contribution in [3.8, 4) is 0 Å². The van der Waals surface area contributed by atoms with Crippen molar-refractivity contribution in [3.63, 3.8) is 0 Å². The minimum Gasteiger partial charge on any atom is -0.368 e. The minimum atomic E-state index is -0.852. The van der Waals surface area contributed by atoms with E-state index < -0.39 is 11.4 Å². The molecule has 0 radical (unpaired) electrons. The lowest BCUT2D eigenvalue weighted by Gasteiger charge is -2.26. The van der Waals surface area contributed by atoms with Crippen LogP contribution in [-0.4, -0.2) is 11.4 Å². The molecule has 0 heterocycles. The van der Waals surface area contributed by atoms with E-state index in [4.69, 9.17) is 11.5 Å². The number of hydrogen-bond acceptors (Lipinski definition) is 2. The molecule has 0 aromatic rings. The monoisotopic (exact) mass is 144 g/mol. The van der Waals surface area contributed by atoms with Crippen molar-refractivity contribution < 1.29 is 4.79 Å². The summed E-state index contributed by atoms with van der Waals surface area (Å²) in [6.07, 6.45) is 0.871. The summed E-state index contributed by atoms with van der Waals surface area (Å²) in [5.74, 6) is -0.285. The summed E-state index contributed by atoms with van der Waals surface area (Å²) < 4.78 is 0. The fraction of sp³-hybridized carbons (Fsp3) is 0.857. The first-order valence-electron chi connectivity index (χ1n) is 3.51. The van der Waals surface area contributed by atoms with Gasteiger partial charge in [0, 0.05) is 0 Å². The summed E-state index contributed by atoms with van der Waals surface area (Å²) in [6.45, 7) is 5.58. The Hall–Kier alpha value is -0.570. The Morgan fingerprint density at radius 1 is 1.70 bits per heavy atom. The average Bonchev–Trinajstić information content (AvgIpc) is 1.86. The second-order valence-corrected chi connectivity index (χ2v) is 2.96. The molecule has 4 N–H and O–H groups in total. The Kier molecular flexibility index (Phi) is 2.84. The number of carbonyl (C=O) groups is 1. The van der Waals surface area contributed by atoms with Gasteiger partial charge in [-0.25, -0.2) is 0 Å². The summed E-state index contributed by atoms with van der Waals surface area (Å²) in [7, 11) is 0. The first-order valence-corrected chi connectivity index (χ1v) is 3.51. The summed E-state index contributed by atoms with van der Waals surface area (Å²) in [6, 6.07) is 0. The van der Waals surface area contributed by atoms with Crippen LogP contribution < -0.4 is 11.5 Å². The molecule has 0 unspecified atom stereocenters. The van der Waals surface area contributed by atoms with Crippen molar-refractivity contribution in [2.45, 2.75) is 32.7 Å². The van der Waals surface area contributed by atoms with Gasteiger partial charge < -0.3 is 11.5 Å². The molecule has 0 fully saturated rings. The van der Waals surface area contributed by atoms with Gasteiger partial charge in [0.05, 0.1) is 5.54 Å². The number of rotatable bonds is 3. The summed E-state index contributed by atoms with van der Waals surface area (Å²) in [4.78, 5) is 10.7. The van der Waals surface area contributed by atoms with Crippen molar-refractivity contribution in [1.82, 2.24) is 0 Å². The number of primary amides is 1. The Morgan fingerprint density at radius 3 is 2.20 bits per heavy atom. The molecule has 0 bridgehead atoms. The Balaban J connectivity index is 4.23. The lowest BCUT2D eigenvalue weighted by Crippen LogP contribution is -2.53. The molecule has 3 heteroatoms. The van der Waals surface area contributed by atoms with Gasteiger partial charge in [0.1, 0.15) is 0 Å². The molecule has 0 aromatic heterocycles. The van der Waals surface area contributed by atoms with Crippen LogP contribution in [0.15, 0.2) is 0 Å².